The molecule has 0 bridgehead atoms. The van der Waals surface area contributed by atoms with E-state index in [1.54, 1.807) is 0 Å². The van der Waals surface area contributed by atoms with Crippen LogP contribution in [-0.2, 0) is 17.7 Å². The molecule has 0 aliphatic heterocycles. The summed E-state index contributed by atoms with van der Waals surface area (Å²) in [7, 11) is 0. The topological polar surface area (TPSA) is 81.2 Å². The Hall–Kier alpha value is -0.408. The van der Waals surface area contributed by atoms with E-state index in [-0.39, 0.29) is 11.4 Å². The lowest BCUT2D eigenvalue weighted by Gasteiger charge is -2.33. The van der Waals surface area contributed by atoms with Crippen molar-refractivity contribution in [2.24, 2.45) is 5.92 Å². The zero-order chi connectivity index (χ0) is 10.8. The molecule has 1 aliphatic rings. The Morgan fingerprint density at radius 2 is 1.81 bits per heavy atom. The number of hydrogen-bond acceptors (Lipinski definition) is 3. The van der Waals surface area contributed by atoms with Gasteiger partial charge in [0.1, 0.15) is 0 Å². The Morgan fingerprint density at radius 1 is 1.25 bits per heavy atom. The van der Waals surface area contributed by atoms with Crippen LogP contribution in [0, 0.1) is 5.92 Å². The van der Waals surface area contributed by atoms with E-state index in [1.165, 1.54) is 11.1 Å². The average molecular weight is 238 g/mol. The SMILES string of the molecule is O.OO[CH]([Al])C1Cc2ccccc2CC1O. The monoisotopic (exact) mass is 238 g/mol. The van der Waals surface area contributed by atoms with Gasteiger partial charge in [-0.15, -0.1) is 0 Å². The lowest BCUT2D eigenvalue weighted by atomic mass is 9.82. The lowest BCUT2D eigenvalue weighted by molar-refractivity contribution is -0.272. The molecule has 5 heteroatoms. The minimum absolute atomic E-state index is 0. The molecule has 3 atom stereocenters. The molecule has 16 heavy (non-hydrogen) atoms. The minimum Gasteiger partial charge on any atom is -0.412 e. The maximum atomic E-state index is 9.91. The van der Waals surface area contributed by atoms with E-state index >= 15 is 0 Å². The second-order valence-corrected chi connectivity index (χ2v) is 4.64. The summed E-state index contributed by atoms with van der Waals surface area (Å²) in [6.07, 6.45) is 0.927. The molecule has 4 nitrogen and oxygen atoms in total. The van der Waals surface area contributed by atoms with Crippen LogP contribution >= 0.6 is 0 Å². The highest BCUT2D eigenvalue weighted by Gasteiger charge is 2.30. The zero-order valence-corrected chi connectivity index (χ0v) is 9.99. The summed E-state index contributed by atoms with van der Waals surface area (Å²) >= 11 is 2.41. The van der Waals surface area contributed by atoms with E-state index in [9.17, 15) is 5.11 Å². The predicted octanol–water partition coefficient (Wildman–Crippen LogP) is -0.0782. The quantitative estimate of drug-likeness (QED) is 0.429. The first-order valence-electron chi connectivity index (χ1n) is 5.03. The minimum atomic E-state index is -0.449. The summed E-state index contributed by atoms with van der Waals surface area (Å²) in [6.45, 7) is 0. The molecule has 0 aromatic heterocycles. The van der Waals surface area contributed by atoms with Crippen LogP contribution in [0.1, 0.15) is 11.1 Å². The number of aliphatic hydroxyl groups is 1. The van der Waals surface area contributed by atoms with E-state index in [4.69, 9.17) is 5.26 Å². The molecule has 0 heterocycles. The zero-order valence-electron chi connectivity index (χ0n) is 8.84. The van der Waals surface area contributed by atoms with Gasteiger partial charge in [0.2, 0.25) is 0 Å². The largest absolute Gasteiger partial charge is 0.412 e. The molecular weight excluding hydrogens is 223 g/mol. The van der Waals surface area contributed by atoms with E-state index in [0.29, 0.717) is 6.42 Å². The van der Waals surface area contributed by atoms with Gasteiger partial charge in [0.15, 0.2) is 16.3 Å². The van der Waals surface area contributed by atoms with Gasteiger partial charge in [-0.05, 0) is 24.0 Å². The number of fused-ring (bicyclic) bond motifs is 1. The summed E-state index contributed by atoms with van der Waals surface area (Å²) in [5.74, 6) is -0.0603. The van der Waals surface area contributed by atoms with Gasteiger partial charge in [0.05, 0.1) is 6.10 Å². The van der Waals surface area contributed by atoms with E-state index in [2.05, 4.69) is 27.2 Å². The van der Waals surface area contributed by atoms with Crippen LogP contribution in [0.5, 0.6) is 0 Å². The molecule has 0 amide bonds. The molecule has 86 valence electrons. The molecule has 0 fully saturated rings. The van der Waals surface area contributed by atoms with Crippen molar-refractivity contribution in [3.63, 3.8) is 0 Å². The third-order valence-electron chi connectivity index (χ3n) is 3.04. The second-order valence-electron chi connectivity index (χ2n) is 3.98. The lowest BCUT2D eigenvalue weighted by Crippen LogP contribution is -2.39. The fourth-order valence-corrected chi connectivity index (χ4v) is 2.53. The smallest absolute Gasteiger partial charge is 0.177 e. The second kappa shape index (κ2) is 5.78. The van der Waals surface area contributed by atoms with Gasteiger partial charge in [-0.25, -0.2) is 0 Å². The van der Waals surface area contributed by atoms with Gasteiger partial charge in [-0.3, -0.25) is 10.1 Å². The van der Waals surface area contributed by atoms with Crippen molar-refractivity contribution in [3.05, 3.63) is 35.4 Å². The van der Waals surface area contributed by atoms with Crippen LogP contribution in [-0.4, -0.2) is 43.2 Å². The number of rotatable bonds is 2. The first-order valence-corrected chi connectivity index (χ1v) is 5.69. The van der Waals surface area contributed by atoms with Crippen molar-refractivity contribution in [1.29, 1.82) is 0 Å². The van der Waals surface area contributed by atoms with Crippen LogP contribution in [0.2, 0.25) is 0 Å². The van der Waals surface area contributed by atoms with Gasteiger partial charge >= 0.3 is 0 Å². The third kappa shape index (κ3) is 2.64. The molecule has 1 aromatic carbocycles. The van der Waals surface area contributed by atoms with Crippen LogP contribution in [0.25, 0.3) is 0 Å². The van der Waals surface area contributed by atoms with Crippen molar-refractivity contribution in [2.45, 2.75) is 23.9 Å². The molecule has 3 unspecified atom stereocenters. The summed E-state index contributed by atoms with van der Waals surface area (Å²) < 4.78 is 0. The number of hydrogen-bond donors (Lipinski definition) is 2. The predicted molar refractivity (Wildman–Crippen MR) is 60.2 cm³/mol. The molecule has 1 aromatic rings. The van der Waals surface area contributed by atoms with Gasteiger partial charge in [-0.2, -0.15) is 0 Å². The van der Waals surface area contributed by atoms with Crippen molar-refractivity contribution < 1.29 is 20.7 Å². The fraction of sp³-hybridized carbons (Fsp3) is 0.455. The molecule has 0 saturated carbocycles. The van der Waals surface area contributed by atoms with Gasteiger partial charge in [0, 0.05) is 10.9 Å². The Labute approximate surface area is 103 Å². The standard InChI is InChI=1S/C11H13O3.Al.H2O/c12-11-6-9-4-2-1-3-8(9)5-10(11)7-14-13;;/h1-4,7,10-13H,5-6H2;;1H2. The Bertz CT molecular complexity index is 345. The third-order valence-corrected chi connectivity index (χ3v) is 3.66. The first kappa shape index (κ1) is 13.7. The highest BCUT2D eigenvalue weighted by atomic mass is 27.0. The molecular formula is C11H15AlO4. The molecule has 1 aliphatic carbocycles. The summed E-state index contributed by atoms with van der Waals surface area (Å²) in [5, 5.41) is 18.5. The molecule has 0 saturated heterocycles. The molecule has 2 rings (SSSR count). The Kier molecular flexibility index (Phi) is 4.94. The van der Waals surface area contributed by atoms with Crippen LogP contribution in [0.15, 0.2) is 24.3 Å². The van der Waals surface area contributed by atoms with Crippen LogP contribution in [0.4, 0.5) is 0 Å². The summed E-state index contributed by atoms with van der Waals surface area (Å²) in [6, 6.07) is 8.06. The van der Waals surface area contributed by atoms with Crippen molar-refractivity contribution in [1.82, 2.24) is 0 Å². The normalized spacial score (nSPS) is 25.4. The number of aliphatic hydroxyl groups excluding tert-OH is 1. The van der Waals surface area contributed by atoms with Crippen LogP contribution < -0.4 is 0 Å². The van der Waals surface area contributed by atoms with Gasteiger partial charge < -0.3 is 10.6 Å². The van der Waals surface area contributed by atoms with E-state index in [1.807, 2.05) is 18.2 Å². The van der Waals surface area contributed by atoms with Crippen molar-refractivity contribution in [2.75, 3.05) is 0 Å². The summed E-state index contributed by atoms with van der Waals surface area (Å²) in [5.41, 5.74) is 2.42. The molecule has 4 N–H and O–H groups in total. The van der Waals surface area contributed by atoms with Crippen molar-refractivity contribution in [3.8, 4) is 0 Å². The molecule has 2 radical (unpaired) electrons. The van der Waals surface area contributed by atoms with Gasteiger partial charge in [0.25, 0.3) is 0 Å². The maximum Gasteiger partial charge on any atom is 0.177 e. The average Bonchev–Trinajstić information content (AvgIpc) is 2.27. The summed E-state index contributed by atoms with van der Waals surface area (Å²) in [4.78, 5) is 3.87. The maximum absolute atomic E-state index is 9.91. The highest BCUT2D eigenvalue weighted by molar-refractivity contribution is 6.11. The molecule has 0 spiro atoms. The van der Waals surface area contributed by atoms with Crippen LogP contribution in [0.3, 0.4) is 0 Å². The Morgan fingerprint density at radius 3 is 2.38 bits per heavy atom. The first-order chi connectivity index (χ1) is 7.22. The van der Waals surface area contributed by atoms with E-state index in [0.717, 1.165) is 6.42 Å². The fourth-order valence-electron chi connectivity index (χ4n) is 2.14. The number of benzene rings is 1. The van der Waals surface area contributed by atoms with Crippen molar-refractivity contribution >= 4 is 16.3 Å². The Balaban J connectivity index is 0.00000128. The van der Waals surface area contributed by atoms with Gasteiger partial charge in [-0.1, -0.05) is 24.3 Å². The highest BCUT2D eigenvalue weighted by Crippen LogP contribution is 2.27. The van der Waals surface area contributed by atoms with E-state index < -0.39 is 11.1 Å².